The highest BCUT2D eigenvalue weighted by molar-refractivity contribution is 5.75. The fraction of sp³-hybridized carbons (Fsp3) is 0.739. The number of ether oxygens (including phenoxy) is 4. The fourth-order valence-electron chi connectivity index (χ4n) is 4.66. The van der Waals surface area contributed by atoms with Crippen LogP contribution in [0.25, 0.3) is 0 Å². The van der Waals surface area contributed by atoms with E-state index in [9.17, 15) is 14.7 Å². The second kappa shape index (κ2) is 9.62. The summed E-state index contributed by atoms with van der Waals surface area (Å²) in [6.45, 7) is 5.80. The van der Waals surface area contributed by atoms with Crippen LogP contribution < -0.4 is 0 Å². The molecule has 1 N–H and O–H groups in total. The van der Waals surface area contributed by atoms with Crippen LogP contribution >= 0.6 is 0 Å². The summed E-state index contributed by atoms with van der Waals surface area (Å²) in [5.74, 6) is -1.37. The van der Waals surface area contributed by atoms with E-state index in [0.717, 1.165) is 31.3 Å². The highest BCUT2D eigenvalue weighted by atomic mass is 16.6. The molecule has 2 heterocycles. The lowest BCUT2D eigenvalue weighted by molar-refractivity contribution is -0.148. The molecule has 7 nitrogen and oxygen atoms in total. The lowest BCUT2D eigenvalue weighted by atomic mass is 9.80. The Hall–Kier alpha value is -1.70. The van der Waals surface area contributed by atoms with Gasteiger partial charge in [0.2, 0.25) is 0 Å². The summed E-state index contributed by atoms with van der Waals surface area (Å²) >= 11 is 0. The normalized spacial score (nSPS) is 40.6. The standard InChI is InChI=1S/C23H34O7/c1-14-7-5-9-15(2)20(25)21-17(18(12-27-4)22(26)29-21)11-19-23(30-19,10-6-8-14)13-28-16(3)24/h8-9,17-21,25H,5-7,10-13H2,1-4H3/b14-8+,15-9+/t17-,18-,19-,20-,21-,23+/m0/s1. The van der Waals surface area contributed by atoms with Crippen molar-refractivity contribution >= 4 is 11.9 Å². The van der Waals surface area contributed by atoms with Gasteiger partial charge >= 0.3 is 11.9 Å². The van der Waals surface area contributed by atoms with E-state index in [4.69, 9.17) is 18.9 Å². The molecular weight excluding hydrogens is 388 g/mol. The van der Waals surface area contributed by atoms with E-state index < -0.39 is 23.7 Å². The minimum Gasteiger partial charge on any atom is -0.463 e. The third-order valence-electron chi connectivity index (χ3n) is 6.60. The lowest BCUT2D eigenvalue weighted by Crippen LogP contribution is -2.36. The molecule has 2 aliphatic heterocycles. The molecule has 0 aromatic rings. The van der Waals surface area contributed by atoms with E-state index in [1.54, 1.807) is 7.11 Å². The van der Waals surface area contributed by atoms with Crippen LogP contribution in [0.5, 0.6) is 0 Å². The molecule has 6 atom stereocenters. The summed E-state index contributed by atoms with van der Waals surface area (Å²) in [5, 5.41) is 11.0. The maximum Gasteiger partial charge on any atom is 0.312 e. The average molecular weight is 423 g/mol. The quantitative estimate of drug-likeness (QED) is 0.423. The first-order valence-corrected chi connectivity index (χ1v) is 10.8. The Labute approximate surface area is 178 Å². The van der Waals surface area contributed by atoms with Crippen LogP contribution in [0, 0.1) is 11.8 Å². The van der Waals surface area contributed by atoms with Gasteiger partial charge in [-0.2, -0.15) is 0 Å². The molecule has 3 rings (SSSR count). The maximum absolute atomic E-state index is 12.5. The molecule has 0 aromatic heterocycles. The molecule has 0 amide bonds. The van der Waals surface area contributed by atoms with Crippen molar-refractivity contribution in [2.75, 3.05) is 20.3 Å². The van der Waals surface area contributed by atoms with Crippen LogP contribution in [0.15, 0.2) is 23.3 Å². The highest BCUT2D eigenvalue weighted by Crippen LogP contribution is 2.48. The van der Waals surface area contributed by atoms with Gasteiger partial charge in [-0.1, -0.05) is 17.7 Å². The Balaban J connectivity index is 1.87. The monoisotopic (exact) mass is 422 g/mol. The van der Waals surface area contributed by atoms with Crippen molar-refractivity contribution in [2.24, 2.45) is 11.8 Å². The number of aliphatic hydroxyl groups excluding tert-OH is 1. The largest absolute Gasteiger partial charge is 0.463 e. The van der Waals surface area contributed by atoms with E-state index in [0.29, 0.717) is 6.42 Å². The Bertz CT molecular complexity index is 712. The molecule has 0 bridgehead atoms. The van der Waals surface area contributed by atoms with Gasteiger partial charge in [0.05, 0.1) is 18.6 Å². The number of epoxide rings is 1. The predicted octanol–water partition coefficient (Wildman–Crippen LogP) is 2.71. The van der Waals surface area contributed by atoms with Crippen molar-refractivity contribution in [1.29, 1.82) is 0 Å². The Morgan fingerprint density at radius 1 is 1.30 bits per heavy atom. The molecule has 0 radical (unpaired) electrons. The fourth-order valence-corrected chi connectivity index (χ4v) is 4.66. The van der Waals surface area contributed by atoms with E-state index in [-0.39, 0.29) is 37.2 Å². The van der Waals surface area contributed by atoms with Crippen molar-refractivity contribution in [3.8, 4) is 0 Å². The molecule has 0 saturated carbocycles. The average Bonchev–Trinajstić information content (AvgIpc) is 3.29. The molecule has 0 unspecified atom stereocenters. The number of allylic oxidation sites excluding steroid dienone is 3. The van der Waals surface area contributed by atoms with Crippen LogP contribution in [0.2, 0.25) is 0 Å². The third kappa shape index (κ3) is 5.13. The molecule has 168 valence electrons. The Morgan fingerprint density at radius 2 is 2.07 bits per heavy atom. The van der Waals surface area contributed by atoms with Gasteiger partial charge < -0.3 is 24.1 Å². The molecular formula is C23H34O7. The number of hydrogen-bond acceptors (Lipinski definition) is 7. The van der Waals surface area contributed by atoms with Crippen LogP contribution in [0.4, 0.5) is 0 Å². The van der Waals surface area contributed by atoms with Crippen LogP contribution in [-0.2, 0) is 28.5 Å². The first-order valence-electron chi connectivity index (χ1n) is 10.8. The number of hydrogen-bond donors (Lipinski definition) is 1. The van der Waals surface area contributed by atoms with E-state index in [1.807, 2.05) is 13.0 Å². The molecule has 2 fully saturated rings. The second-order valence-electron chi connectivity index (χ2n) is 8.84. The number of methoxy groups -OCH3 is 1. The van der Waals surface area contributed by atoms with Gasteiger partial charge in [-0.05, 0) is 51.5 Å². The molecule has 7 heteroatoms. The first-order chi connectivity index (χ1) is 14.3. The SMILES string of the molecule is COC[C@@H]1C(=O)O[C@H]2[C@H]1C[C@@H]1O[C@@]1(COC(C)=O)CC/C=C(\C)CC/C=C(\C)[C@@H]2O. The summed E-state index contributed by atoms with van der Waals surface area (Å²) in [7, 11) is 1.55. The highest BCUT2D eigenvalue weighted by Gasteiger charge is 2.60. The van der Waals surface area contributed by atoms with Crippen molar-refractivity contribution in [3.05, 3.63) is 23.3 Å². The van der Waals surface area contributed by atoms with E-state index >= 15 is 0 Å². The van der Waals surface area contributed by atoms with Gasteiger partial charge in [0.1, 0.15) is 24.4 Å². The summed E-state index contributed by atoms with van der Waals surface area (Å²) in [5.41, 5.74) is 1.54. The summed E-state index contributed by atoms with van der Waals surface area (Å²) in [6, 6.07) is 0. The maximum atomic E-state index is 12.5. The van der Waals surface area contributed by atoms with Crippen molar-refractivity contribution in [1.82, 2.24) is 0 Å². The molecule has 0 aromatic carbocycles. The predicted molar refractivity (Wildman–Crippen MR) is 110 cm³/mol. The van der Waals surface area contributed by atoms with Crippen LogP contribution in [0.1, 0.15) is 52.9 Å². The minimum absolute atomic E-state index is 0.161. The van der Waals surface area contributed by atoms with Gasteiger partial charge in [-0.3, -0.25) is 9.59 Å². The number of fused-ring (bicyclic) bond motifs is 2. The molecule has 0 spiro atoms. The Kier molecular flexibility index (Phi) is 7.37. The number of carbonyl (C=O) groups is 2. The van der Waals surface area contributed by atoms with Gasteiger partial charge in [0, 0.05) is 20.0 Å². The molecule has 3 aliphatic rings. The second-order valence-corrected chi connectivity index (χ2v) is 8.84. The topological polar surface area (TPSA) is 94.6 Å². The van der Waals surface area contributed by atoms with E-state index in [2.05, 4.69) is 13.0 Å². The van der Waals surface area contributed by atoms with Crippen molar-refractivity contribution in [3.63, 3.8) is 0 Å². The lowest BCUT2D eigenvalue weighted by Gasteiger charge is -2.26. The van der Waals surface area contributed by atoms with Crippen molar-refractivity contribution in [2.45, 2.75) is 76.8 Å². The molecule has 1 aliphatic carbocycles. The van der Waals surface area contributed by atoms with Crippen LogP contribution in [0.3, 0.4) is 0 Å². The third-order valence-corrected chi connectivity index (χ3v) is 6.60. The summed E-state index contributed by atoms with van der Waals surface area (Å²) in [6.07, 6.45) is 6.39. The number of rotatable bonds is 4. The summed E-state index contributed by atoms with van der Waals surface area (Å²) < 4.78 is 22.3. The first kappa shape index (κ1) is 23.0. The zero-order valence-electron chi connectivity index (χ0n) is 18.4. The molecule has 2 saturated heterocycles. The zero-order valence-corrected chi connectivity index (χ0v) is 18.4. The minimum atomic E-state index is -0.866. The molecule has 30 heavy (non-hydrogen) atoms. The van der Waals surface area contributed by atoms with Gasteiger partial charge in [-0.15, -0.1) is 0 Å². The van der Waals surface area contributed by atoms with Gasteiger partial charge in [-0.25, -0.2) is 0 Å². The smallest absolute Gasteiger partial charge is 0.312 e. The summed E-state index contributed by atoms with van der Waals surface area (Å²) in [4.78, 5) is 23.9. The van der Waals surface area contributed by atoms with Crippen LogP contribution in [-0.4, -0.2) is 61.3 Å². The number of carbonyl (C=O) groups excluding carboxylic acids is 2. The number of esters is 2. The zero-order chi connectivity index (χ0) is 21.9. The Morgan fingerprint density at radius 3 is 2.77 bits per heavy atom. The van der Waals surface area contributed by atoms with E-state index in [1.165, 1.54) is 12.5 Å². The number of aliphatic hydroxyl groups is 1. The van der Waals surface area contributed by atoms with Gasteiger partial charge in [0.15, 0.2) is 0 Å². The van der Waals surface area contributed by atoms with Gasteiger partial charge in [0.25, 0.3) is 0 Å². The van der Waals surface area contributed by atoms with Crippen molar-refractivity contribution < 1.29 is 33.6 Å².